The Labute approximate surface area is 257 Å². The zero-order chi connectivity index (χ0) is 29.2. The van der Waals surface area contributed by atoms with E-state index >= 15 is 0 Å². The summed E-state index contributed by atoms with van der Waals surface area (Å²) < 4.78 is 12.5. The van der Waals surface area contributed by atoms with Gasteiger partial charge in [0.2, 0.25) is 0 Å². The number of ether oxygens (including phenoxy) is 2. The molecule has 0 aromatic heterocycles. The molecule has 0 heterocycles. The van der Waals surface area contributed by atoms with Crippen LogP contribution in [0.5, 0.6) is 11.5 Å². The summed E-state index contributed by atoms with van der Waals surface area (Å²) in [5, 5.41) is 8.20. The molecule has 3 aromatic rings. The Kier molecular flexibility index (Phi) is 12.1. The van der Waals surface area contributed by atoms with Crippen LogP contribution in [0.4, 0.5) is 0 Å². The minimum Gasteiger partial charge on any atom is -0.488 e. The largest absolute Gasteiger partial charge is 0.488 e. The normalized spacial score (nSPS) is 12.7. The van der Waals surface area contributed by atoms with Crippen molar-refractivity contribution in [3.05, 3.63) is 91.3 Å². The minimum absolute atomic E-state index is 0.122. The van der Waals surface area contributed by atoms with Crippen molar-refractivity contribution < 1.29 is 19.1 Å². The molecule has 0 saturated heterocycles. The molecule has 40 heavy (non-hydrogen) atoms. The lowest BCUT2D eigenvalue weighted by molar-refractivity contribution is -0.132. The lowest BCUT2D eigenvalue weighted by atomic mass is 10.0. The van der Waals surface area contributed by atoms with Gasteiger partial charge in [-0.05, 0) is 61.7 Å². The number of hydrazone groups is 1. The zero-order valence-electron chi connectivity index (χ0n) is 22.1. The van der Waals surface area contributed by atoms with Gasteiger partial charge in [0, 0.05) is 25.6 Å². The zero-order valence-corrected chi connectivity index (χ0v) is 25.9. The van der Waals surface area contributed by atoms with Crippen LogP contribution in [0, 0.1) is 5.92 Å². The van der Waals surface area contributed by atoms with Crippen molar-refractivity contribution in [1.29, 1.82) is 0 Å². The molecule has 7 nitrogen and oxygen atoms in total. The molecule has 2 amide bonds. The standard InChI is InChI=1S/C29H29BrCl3N3O4/c1-17(2)12-25(35-28(37)18(3)40-27-11-9-22(31)14-24(27)33)29(38)36-34-15-20-13-21(30)8-10-26(20)39-16-19-6-4-5-7-23(19)32/h4-11,13-15,17-18,25H,12,16H2,1-3H3,(H,35,37)(H,36,38)/b34-15-/t18-,25+/m1/s1. The second kappa shape index (κ2) is 15.3. The van der Waals surface area contributed by atoms with Crippen molar-refractivity contribution >= 4 is 68.8 Å². The molecule has 0 radical (unpaired) electrons. The van der Waals surface area contributed by atoms with Crippen LogP contribution >= 0.6 is 50.7 Å². The Balaban J connectivity index is 1.65. The highest BCUT2D eigenvalue weighted by atomic mass is 79.9. The van der Waals surface area contributed by atoms with Crippen LogP contribution in [-0.4, -0.2) is 30.2 Å². The van der Waals surface area contributed by atoms with Gasteiger partial charge in [-0.3, -0.25) is 9.59 Å². The first-order valence-corrected chi connectivity index (χ1v) is 14.4. The van der Waals surface area contributed by atoms with Crippen LogP contribution in [0.1, 0.15) is 38.3 Å². The fourth-order valence-electron chi connectivity index (χ4n) is 3.57. The fourth-order valence-corrected chi connectivity index (χ4v) is 4.59. The highest BCUT2D eigenvalue weighted by molar-refractivity contribution is 9.10. The molecule has 0 fully saturated rings. The van der Waals surface area contributed by atoms with Crippen LogP contribution in [-0.2, 0) is 16.2 Å². The van der Waals surface area contributed by atoms with Crippen molar-refractivity contribution in [1.82, 2.24) is 10.7 Å². The van der Waals surface area contributed by atoms with Crippen molar-refractivity contribution in [2.45, 2.75) is 45.9 Å². The first-order valence-electron chi connectivity index (χ1n) is 12.4. The molecule has 0 saturated carbocycles. The van der Waals surface area contributed by atoms with Crippen molar-refractivity contribution in [3.8, 4) is 11.5 Å². The van der Waals surface area contributed by atoms with Crippen LogP contribution < -0.4 is 20.2 Å². The number of amides is 2. The van der Waals surface area contributed by atoms with E-state index in [0.29, 0.717) is 33.5 Å². The lowest BCUT2D eigenvalue weighted by Crippen LogP contribution is -2.49. The maximum Gasteiger partial charge on any atom is 0.262 e. The number of nitrogens with zero attached hydrogens (tertiary/aromatic N) is 1. The summed E-state index contributed by atoms with van der Waals surface area (Å²) in [5.41, 5.74) is 4.00. The number of hydrogen-bond donors (Lipinski definition) is 2. The van der Waals surface area contributed by atoms with Crippen LogP contribution in [0.2, 0.25) is 15.1 Å². The van der Waals surface area contributed by atoms with E-state index in [0.717, 1.165) is 10.0 Å². The van der Waals surface area contributed by atoms with E-state index in [9.17, 15) is 9.59 Å². The third-order valence-electron chi connectivity index (χ3n) is 5.60. The third-order valence-corrected chi connectivity index (χ3v) is 6.99. The Morgan fingerprint density at radius 2 is 1.68 bits per heavy atom. The topological polar surface area (TPSA) is 89.0 Å². The second-order valence-corrected chi connectivity index (χ2v) is 11.5. The van der Waals surface area contributed by atoms with E-state index in [-0.39, 0.29) is 17.5 Å². The smallest absolute Gasteiger partial charge is 0.262 e. The van der Waals surface area contributed by atoms with Crippen LogP contribution in [0.3, 0.4) is 0 Å². The summed E-state index contributed by atoms with van der Waals surface area (Å²) >= 11 is 21.8. The van der Waals surface area contributed by atoms with Crippen LogP contribution in [0.15, 0.2) is 70.2 Å². The molecule has 2 N–H and O–H groups in total. The van der Waals surface area contributed by atoms with Gasteiger partial charge in [0.25, 0.3) is 11.8 Å². The number of rotatable bonds is 12. The van der Waals surface area contributed by atoms with Gasteiger partial charge in [0.15, 0.2) is 6.10 Å². The van der Waals surface area contributed by atoms with Gasteiger partial charge in [-0.15, -0.1) is 0 Å². The Morgan fingerprint density at radius 3 is 2.38 bits per heavy atom. The molecule has 0 aliphatic heterocycles. The highest BCUT2D eigenvalue weighted by Gasteiger charge is 2.25. The van der Waals surface area contributed by atoms with Crippen molar-refractivity contribution in [3.63, 3.8) is 0 Å². The molecule has 3 aromatic carbocycles. The first-order chi connectivity index (χ1) is 19.0. The second-order valence-electron chi connectivity index (χ2n) is 9.32. The third kappa shape index (κ3) is 9.70. The molecular weight excluding hydrogens is 641 g/mol. The van der Waals surface area contributed by atoms with Gasteiger partial charge in [-0.25, -0.2) is 5.43 Å². The average molecular weight is 670 g/mol. The molecule has 11 heteroatoms. The molecular formula is C29H29BrCl3N3O4. The minimum atomic E-state index is -0.913. The number of carbonyl (C=O) groups excluding carboxylic acids is 2. The summed E-state index contributed by atoms with van der Waals surface area (Å²) in [6, 6.07) is 16.7. The average Bonchev–Trinajstić information content (AvgIpc) is 2.89. The number of halogens is 4. The van der Waals surface area contributed by atoms with Gasteiger partial charge in [0.05, 0.1) is 11.2 Å². The molecule has 2 atom stereocenters. The Bertz CT molecular complexity index is 1370. The van der Waals surface area contributed by atoms with E-state index in [4.69, 9.17) is 44.3 Å². The van der Waals surface area contributed by atoms with E-state index in [1.807, 2.05) is 44.2 Å². The van der Waals surface area contributed by atoms with Crippen LogP contribution in [0.25, 0.3) is 0 Å². The van der Waals surface area contributed by atoms with E-state index in [1.165, 1.54) is 12.3 Å². The van der Waals surface area contributed by atoms with Gasteiger partial charge in [-0.2, -0.15) is 5.10 Å². The quantitative estimate of drug-likeness (QED) is 0.155. The van der Waals surface area contributed by atoms with Gasteiger partial charge in [-0.1, -0.05) is 82.8 Å². The summed E-state index contributed by atoms with van der Waals surface area (Å²) in [5.74, 6) is 0.0446. The predicted molar refractivity (Wildman–Crippen MR) is 164 cm³/mol. The van der Waals surface area contributed by atoms with Crippen molar-refractivity contribution in [2.24, 2.45) is 11.0 Å². The number of carbonyl (C=O) groups is 2. The number of hydrogen-bond acceptors (Lipinski definition) is 5. The van der Waals surface area contributed by atoms with Crippen molar-refractivity contribution in [2.75, 3.05) is 0 Å². The summed E-state index contributed by atoms with van der Waals surface area (Å²) in [4.78, 5) is 25.9. The maximum atomic E-state index is 13.0. The molecule has 212 valence electrons. The summed E-state index contributed by atoms with van der Waals surface area (Å²) in [6.45, 7) is 5.74. The number of benzene rings is 3. The maximum absolute atomic E-state index is 13.0. The highest BCUT2D eigenvalue weighted by Crippen LogP contribution is 2.28. The van der Waals surface area contributed by atoms with E-state index in [2.05, 4.69) is 31.8 Å². The number of nitrogens with one attached hydrogen (secondary N) is 2. The summed E-state index contributed by atoms with van der Waals surface area (Å²) in [6.07, 6.45) is 0.960. The predicted octanol–water partition coefficient (Wildman–Crippen LogP) is 7.44. The monoisotopic (exact) mass is 667 g/mol. The fraction of sp³-hybridized carbons (Fsp3) is 0.276. The lowest BCUT2D eigenvalue weighted by Gasteiger charge is -2.22. The SMILES string of the molecule is CC(C)C[C@H](NC(=O)[C@@H](C)Oc1ccc(Cl)cc1Cl)C(=O)N/N=C\c1cc(Br)ccc1OCc1ccccc1Cl. The van der Waals surface area contributed by atoms with Gasteiger partial charge in [0.1, 0.15) is 24.1 Å². The molecule has 0 spiro atoms. The van der Waals surface area contributed by atoms with Gasteiger partial charge >= 0.3 is 0 Å². The summed E-state index contributed by atoms with van der Waals surface area (Å²) in [7, 11) is 0. The Morgan fingerprint density at radius 1 is 0.950 bits per heavy atom. The molecule has 0 aliphatic carbocycles. The van der Waals surface area contributed by atoms with E-state index < -0.39 is 24.0 Å². The molecule has 3 rings (SSSR count). The molecule has 0 bridgehead atoms. The molecule has 0 aliphatic rings. The van der Waals surface area contributed by atoms with E-state index in [1.54, 1.807) is 31.2 Å². The Hall–Kier alpha value is -2.78. The molecule has 0 unspecified atom stereocenters. The first kappa shape index (κ1) is 31.7. The van der Waals surface area contributed by atoms with Gasteiger partial charge < -0.3 is 14.8 Å².